The molecule has 0 aliphatic heterocycles. The van der Waals surface area contributed by atoms with E-state index in [1.165, 1.54) is 34.4 Å². The molecule has 6 nitrogen and oxygen atoms in total. The van der Waals surface area contributed by atoms with Gasteiger partial charge in [0.15, 0.2) is 5.78 Å². The first-order valence-electron chi connectivity index (χ1n) is 11.4. The van der Waals surface area contributed by atoms with E-state index in [0.29, 0.717) is 12.4 Å². The van der Waals surface area contributed by atoms with Gasteiger partial charge < -0.3 is 5.32 Å². The van der Waals surface area contributed by atoms with Gasteiger partial charge in [0.2, 0.25) is 5.95 Å². The molecule has 3 aromatic heterocycles. The second kappa shape index (κ2) is 9.27. The van der Waals surface area contributed by atoms with E-state index in [-0.39, 0.29) is 5.78 Å². The average molecular weight is 458 g/mol. The van der Waals surface area contributed by atoms with Crippen LogP contribution in [0.4, 0.5) is 11.6 Å². The Morgan fingerprint density at radius 3 is 2.85 bits per heavy atom. The van der Waals surface area contributed by atoms with Crippen molar-refractivity contribution >= 4 is 28.8 Å². The summed E-state index contributed by atoms with van der Waals surface area (Å²) in [5.74, 6) is 0.797. The zero-order valence-corrected chi connectivity index (χ0v) is 19.8. The molecule has 0 fully saturated rings. The summed E-state index contributed by atoms with van der Waals surface area (Å²) in [4.78, 5) is 24.1. The number of fused-ring (bicyclic) bond motifs is 1. The minimum atomic E-state index is 0.264. The van der Waals surface area contributed by atoms with Gasteiger partial charge in [-0.1, -0.05) is 12.1 Å². The fraction of sp³-hybridized carbons (Fsp3) is 0.308. The van der Waals surface area contributed by atoms with E-state index in [1.807, 2.05) is 19.3 Å². The molecule has 4 aromatic rings. The second-order valence-corrected chi connectivity index (χ2v) is 9.76. The van der Waals surface area contributed by atoms with E-state index < -0.39 is 0 Å². The molecule has 0 radical (unpaired) electrons. The molecule has 168 valence electrons. The van der Waals surface area contributed by atoms with E-state index >= 15 is 0 Å². The van der Waals surface area contributed by atoms with Crippen molar-refractivity contribution < 1.29 is 4.79 Å². The Morgan fingerprint density at radius 1 is 1.18 bits per heavy atom. The molecular formula is C26H27N5OS. The summed E-state index contributed by atoms with van der Waals surface area (Å²) in [6.45, 7) is 2.10. The number of thiophene rings is 1. The summed E-state index contributed by atoms with van der Waals surface area (Å²) in [5.41, 5.74) is 6.51. The van der Waals surface area contributed by atoms with Crippen LogP contribution in [0.25, 0.3) is 11.3 Å². The molecule has 3 heterocycles. The second-order valence-electron chi connectivity index (χ2n) is 8.62. The average Bonchev–Trinajstić information content (AvgIpc) is 3.44. The molecule has 0 spiro atoms. The van der Waals surface area contributed by atoms with Gasteiger partial charge in [-0.3, -0.25) is 9.48 Å². The minimum absolute atomic E-state index is 0.264. The van der Waals surface area contributed by atoms with Crippen molar-refractivity contribution in [1.82, 2.24) is 19.7 Å². The predicted octanol–water partition coefficient (Wildman–Crippen LogP) is 5.68. The maximum atomic E-state index is 12.8. The van der Waals surface area contributed by atoms with Crippen molar-refractivity contribution in [2.75, 3.05) is 5.32 Å². The zero-order chi connectivity index (χ0) is 22.8. The van der Waals surface area contributed by atoms with Gasteiger partial charge in [-0.15, -0.1) is 11.3 Å². The van der Waals surface area contributed by atoms with Gasteiger partial charge in [-0.05, 0) is 73.9 Å². The lowest BCUT2D eigenvalue weighted by Crippen LogP contribution is -2.01. The summed E-state index contributed by atoms with van der Waals surface area (Å²) in [6.07, 6.45) is 11.4. The number of hydrogen-bond donors (Lipinski definition) is 1. The minimum Gasteiger partial charge on any atom is -0.321 e. The quantitative estimate of drug-likeness (QED) is 0.361. The Hall–Kier alpha value is -3.32. The Balaban J connectivity index is 1.26. The number of Topliss-reactive ketones (excluding diaryl/α,β-unsaturated/α-hetero) is 1. The van der Waals surface area contributed by atoms with E-state index in [4.69, 9.17) is 0 Å². The number of aromatic nitrogens is 4. The summed E-state index contributed by atoms with van der Waals surface area (Å²) in [7, 11) is 1.87. The molecule has 5 rings (SSSR count). The molecular weight excluding hydrogens is 430 g/mol. The van der Waals surface area contributed by atoms with Crippen LogP contribution in [0, 0.1) is 6.92 Å². The van der Waals surface area contributed by atoms with Gasteiger partial charge in [0.05, 0.1) is 22.5 Å². The number of hydrogen-bond acceptors (Lipinski definition) is 6. The molecule has 1 aromatic carbocycles. The molecule has 0 amide bonds. The lowest BCUT2D eigenvalue weighted by molar-refractivity contribution is 0.0986. The van der Waals surface area contributed by atoms with Crippen LogP contribution in [0.3, 0.4) is 0 Å². The molecule has 0 atom stereocenters. The van der Waals surface area contributed by atoms with Gasteiger partial charge in [-0.25, -0.2) is 9.97 Å². The molecule has 0 unspecified atom stereocenters. The highest BCUT2D eigenvalue weighted by Crippen LogP contribution is 2.31. The molecule has 1 aliphatic carbocycles. The number of anilines is 2. The Morgan fingerprint density at radius 2 is 2.06 bits per heavy atom. The van der Waals surface area contributed by atoms with Crippen LogP contribution < -0.4 is 5.32 Å². The normalized spacial score (nSPS) is 13.0. The van der Waals surface area contributed by atoms with Crippen molar-refractivity contribution in [3.63, 3.8) is 0 Å². The van der Waals surface area contributed by atoms with E-state index in [2.05, 4.69) is 51.6 Å². The third-order valence-electron chi connectivity index (χ3n) is 6.15. The highest BCUT2D eigenvalue weighted by Gasteiger charge is 2.17. The first-order valence-corrected chi connectivity index (χ1v) is 12.2. The van der Waals surface area contributed by atoms with E-state index in [9.17, 15) is 4.79 Å². The molecule has 0 saturated heterocycles. The lowest BCUT2D eigenvalue weighted by Gasteiger charge is -2.09. The maximum absolute atomic E-state index is 12.8. The van der Waals surface area contributed by atoms with Gasteiger partial charge in [0.1, 0.15) is 0 Å². The Bertz CT molecular complexity index is 1280. The van der Waals surface area contributed by atoms with Crippen LogP contribution in [-0.2, 0) is 26.3 Å². The molecule has 1 aliphatic rings. The fourth-order valence-corrected chi connectivity index (χ4v) is 5.55. The van der Waals surface area contributed by atoms with E-state index in [1.54, 1.807) is 28.4 Å². The number of rotatable bonds is 7. The summed E-state index contributed by atoms with van der Waals surface area (Å²) in [5, 5.41) is 7.34. The monoisotopic (exact) mass is 457 g/mol. The molecule has 0 saturated carbocycles. The Labute approximate surface area is 197 Å². The SMILES string of the molecule is Cc1cc(-c2ccnc(Nc3cnn(C)c3)n2)ccc1CCC(=O)c1cc2c(s1)CCCC2. The van der Waals surface area contributed by atoms with Crippen LogP contribution in [-0.4, -0.2) is 25.5 Å². The molecule has 33 heavy (non-hydrogen) atoms. The Kier molecular flexibility index (Phi) is 6.05. The number of ketones is 1. The van der Waals surface area contributed by atoms with Crippen molar-refractivity contribution in [3.8, 4) is 11.3 Å². The van der Waals surface area contributed by atoms with Gasteiger partial charge in [-0.2, -0.15) is 5.10 Å². The molecule has 7 heteroatoms. The topological polar surface area (TPSA) is 72.7 Å². The number of carbonyl (C=O) groups excluding carboxylic acids is 1. The third-order valence-corrected chi connectivity index (χ3v) is 7.43. The number of carbonyl (C=O) groups is 1. The molecule has 0 bridgehead atoms. The van der Waals surface area contributed by atoms with Crippen LogP contribution >= 0.6 is 11.3 Å². The number of nitrogens with zero attached hydrogens (tertiary/aromatic N) is 4. The van der Waals surface area contributed by atoms with Crippen LogP contribution in [0.15, 0.2) is 48.9 Å². The van der Waals surface area contributed by atoms with Crippen molar-refractivity contribution in [1.29, 1.82) is 0 Å². The molecule has 1 N–H and O–H groups in total. The fourth-order valence-electron chi connectivity index (χ4n) is 4.33. The zero-order valence-electron chi connectivity index (χ0n) is 19.0. The van der Waals surface area contributed by atoms with Crippen LogP contribution in [0.2, 0.25) is 0 Å². The number of aryl methyl sites for hydroxylation is 5. The highest BCUT2D eigenvalue weighted by molar-refractivity contribution is 7.14. The first kappa shape index (κ1) is 21.5. The standard InChI is InChI=1S/C26H27N5OS/c1-17-13-19(22-11-12-27-26(30-22)29-21-15-28-31(2)16-21)8-7-18(17)9-10-23(32)25-14-20-5-3-4-6-24(20)33-25/h7-8,11-16H,3-6,9-10H2,1-2H3,(H,27,29,30). The summed E-state index contributed by atoms with van der Waals surface area (Å²) in [6, 6.07) is 10.4. The van der Waals surface area contributed by atoms with Crippen molar-refractivity contribution in [3.05, 3.63) is 75.4 Å². The summed E-state index contributed by atoms with van der Waals surface area (Å²) >= 11 is 1.71. The van der Waals surface area contributed by atoms with Crippen LogP contribution in [0.1, 0.15) is 50.5 Å². The van der Waals surface area contributed by atoms with Gasteiger partial charge in [0, 0.05) is 36.3 Å². The first-order chi connectivity index (χ1) is 16.0. The highest BCUT2D eigenvalue weighted by atomic mass is 32.1. The number of nitrogens with one attached hydrogen (secondary N) is 1. The smallest absolute Gasteiger partial charge is 0.227 e. The lowest BCUT2D eigenvalue weighted by atomic mass is 9.97. The van der Waals surface area contributed by atoms with Crippen LogP contribution in [0.5, 0.6) is 0 Å². The largest absolute Gasteiger partial charge is 0.321 e. The predicted molar refractivity (Wildman–Crippen MR) is 132 cm³/mol. The number of benzene rings is 1. The van der Waals surface area contributed by atoms with E-state index in [0.717, 1.165) is 41.1 Å². The maximum Gasteiger partial charge on any atom is 0.227 e. The summed E-state index contributed by atoms with van der Waals surface area (Å²) < 4.78 is 1.73. The van der Waals surface area contributed by atoms with Crippen molar-refractivity contribution in [2.24, 2.45) is 7.05 Å². The van der Waals surface area contributed by atoms with Gasteiger partial charge in [0.25, 0.3) is 0 Å². The third kappa shape index (κ3) is 4.88. The van der Waals surface area contributed by atoms with Crippen molar-refractivity contribution in [2.45, 2.75) is 45.4 Å². The van der Waals surface area contributed by atoms with Gasteiger partial charge >= 0.3 is 0 Å².